The Morgan fingerprint density at radius 2 is 1.12 bits per heavy atom. The van der Waals surface area contributed by atoms with Crippen LogP contribution in [0.2, 0.25) is 0 Å². The number of aryl methyl sites for hydroxylation is 4. The van der Waals surface area contributed by atoms with Gasteiger partial charge in [0.15, 0.2) is 0 Å². The zero-order valence-corrected chi connectivity index (χ0v) is 22.9. The second kappa shape index (κ2) is 9.61. The SMILES string of the molecule is O=C(O[C@@H]1C2CC(C3c4ccccc4CC32)[C@@H]1OC(=O)c1ccc2c(c1)CCCC2)c1ccc2c(c1)CCCC2. The summed E-state index contributed by atoms with van der Waals surface area (Å²) in [4.78, 5) is 27.2. The Hall–Kier alpha value is -3.40. The van der Waals surface area contributed by atoms with Crippen LogP contribution in [0.15, 0.2) is 60.7 Å². The van der Waals surface area contributed by atoms with Crippen LogP contribution in [0.4, 0.5) is 0 Å². The molecule has 4 heteroatoms. The van der Waals surface area contributed by atoms with Crippen LogP contribution in [0, 0.1) is 17.8 Å². The molecule has 2 fully saturated rings. The molecular formula is C36H36O4. The van der Waals surface area contributed by atoms with Crippen molar-refractivity contribution >= 4 is 11.9 Å². The first-order valence-corrected chi connectivity index (χ1v) is 15.4. The molecule has 6 atom stereocenters. The van der Waals surface area contributed by atoms with Gasteiger partial charge in [0, 0.05) is 11.8 Å². The Kier molecular flexibility index (Phi) is 5.86. The summed E-state index contributed by atoms with van der Waals surface area (Å²) in [5, 5.41) is 0. The van der Waals surface area contributed by atoms with Gasteiger partial charge in [0.2, 0.25) is 0 Å². The summed E-state index contributed by atoms with van der Waals surface area (Å²) < 4.78 is 12.7. The van der Waals surface area contributed by atoms with E-state index < -0.39 is 12.2 Å². The van der Waals surface area contributed by atoms with Crippen LogP contribution >= 0.6 is 0 Å². The Bertz CT molecular complexity index is 1500. The van der Waals surface area contributed by atoms with Crippen molar-refractivity contribution in [2.24, 2.45) is 17.8 Å². The maximum atomic E-state index is 13.6. The minimum absolute atomic E-state index is 0.168. The normalized spacial score (nSPS) is 29.2. The number of fused-ring (bicyclic) bond motifs is 9. The number of esters is 2. The van der Waals surface area contributed by atoms with Gasteiger partial charge in [0.25, 0.3) is 0 Å². The maximum absolute atomic E-state index is 13.6. The van der Waals surface area contributed by atoms with E-state index in [-0.39, 0.29) is 23.8 Å². The van der Waals surface area contributed by atoms with Gasteiger partial charge in [-0.2, -0.15) is 0 Å². The summed E-state index contributed by atoms with van der Waals surface area (Å²) in [5.74, 6) is 0.590. The average molecular weight is 533 g/mol. The van der Waals surface area contributed by atoms with Crippen molar-refractivity contribution in [3.05, 3.63) is 105 Å². The van der Waals surface area contributed by atoms with Crippen LogP contribution in [-0.4, -0.2) is 24.1 Å². The van der Waals surface area contributed by atoms with Crippen molar-refractivity contribution in [2.45, 2.75) is 82.3 Å². The van der Waals surface area contributed by atoms with Crippen molar-refractivity contribution in [1.29, 1.82) is 0 Å². The molecule has 0 N–H and O–H groups in total. The van der Waals surface area contributed by atoms with Crippen LogP contribution in [0.5, 0.6) is 0 Å². The molecule has 0 spiro atoms. The van der Waals surface area contributed by atoms with Gasteiger partial charge >= 0.3 is 11.9 Å². The van der Waals surface area contributed by atoms with Crippen LogP contribution in [-0.2, 0) is 41.6 Å². The second-order valence-corrected chi connectivity index (χ2v) is 12.8. The third kappa shape index (κ3) is 3.94. The first-order chi connectivity index (χ1) is 19.6. The standard InChI is InChI=1S/C36H36O4/c37-35(26-15-13-21-7-1-3-9-23(21)17-26)39-33-30-20-31(32-28-12-6-5-11-25(28)19-29(30)32)34(33)40-36(38)27-16-14-22-8-2-4-10-24(22)18-27/h5-6,11-18,29-34H,1-4,7-10,19-20H2/t29?,30?,31?,32?,33-,34+/m1/s1. The largest absolute Gasteiger partial charge is 0.455 e. The lowest BCUT2D eigenvalue weighted by Gasteiger charge is -2.37. The van der Waals surface area contributed by atoms with E-state index in [0.29, 0.717) is 23.0 Å². The van der Waals surface area contributed by atoms with E-state index in [1.807, 2.05) is 24.3 Å². The highest BCUT2D eigenvalue weighted by Crippen LogP contribution is 2.62. The molecule has 4 nitrogen and oxygen atoms in total. The molecular weight excluding hydrogens is 496 g/mol. The molecule has 0 amide bonds. The van der Waals surface area contributed by atoms with Gasteiger partial charge < -0.3 is 9.47 Å². The highest BCUT2D eigenvalue weighted by Gasteiger charge is 2.63. The molecule has 3 aromatic carbocycles. The van der Waals surface area contributed by atoms with Crippen molar-refractivity contribution in [2.75, 3.05) is 0 Å². The summed E-state index contributed by atoms with van der Waals surface area (Å²) >= 11 is 0. The van der Waals surface area contributed by atoms with Crippen LogP contribution in [0.3, 0.4) is 0 Å². The molecule has 0 saturated heterocycles. The smallest absolute Gasteiger partial charge is 0.338 e. The first kappa shape index (κ1) is 24.4. The minimum Gasteiger partial charge on any atom is -0.455 e. The Labute approximate surface area is 236 Å². The van der Waals surface area contributed by atoms with E-state index in [1.54, 1.807) is 0 Å². The van der Waals surface area contributed by atoms with E-state index in [4.69, 9.17) is 9.47 Å². The van der Waals surface area contributed by atoms with Crippen LogP contribution in [0.25, 0.3) is 0 Å². The summed E-state index contributed by atoms with van der Waals surface area (Å²) in [6, 6.07) is 20.8. The molecule has 2 saturated carbocycles. The Morgan fingerprint density at radius 1 is 0.575 bits per heavy atom. The van der Waals surface area contributed by atoms with Crippen molar-refractivity contribution < 1.29 is 19.1 Å². The van der Waals surface area contributed by atoms with E-state index in [1.165, 1.54) is 59.1 Å². The van der Waals surface area contributed by atoms with Crippen molar-refractivity contribution in [1.82, 2.24) is 0 Å². The number of ether oxygens (including phenoxy) is 2. The summed E-state index contributed by atoms with van der Waals surface area (Å²) in [7, 11) is 0. The van der Waals surface area contributed by atoms with Gasteiger partial charge in [0.1, 0.15) is 12.2 Å². The van der Waals surface area contributed by atoms with Gasteiger partial charge in [0.05, 0.1) is 11.1 Å². The molecule has 0 heterocycles. The number of hydrogen-bond donors (Lipinski definition) is 0. The van der Waals surface area contributed by atoms with Gasteiger partial charge in [-0.3, -0.25) is 0 Å². The molecule has 204 valence electrons. The third-order valence-corrected chi connectivity index (χ3v) is 10.7. The fourth-order valence-electron chi connectivity index (χ4n) is 8.87. The lowest BCUT2D eigenvalue weighted by Crippen LogP contribution is -2.45. The zero-order valence-electron chi connectivity index (χ0n) is 22.9. The van der Waals surface area contributed by atoms with E-state index in [9.17, 15) is 9.59 Å². The number of carbonyl (C=O) groups excluding carboxylic acids is 2. The summed E-state index contributed by atoms with van der Waals surface area (Å²) in [5.41, 5.74) is 9.28. The third-order valence-electron chi connectivity index (χ3n) is 10.7. The van der Waals surface area contributed by atoms with Crippen molar-refractivity contribution in [3.63, 3.8) is 0 Å². The van der Waals surface area contributed by atoms with Gasteiger partial charge in [-0.15, -0.1) is 0 Å². The number of rotatable bonds is 4. The Balaban J connectivity index is 1.09. The molecule has 40 heavy (non-hydrogen) atoms. The van der Waals surface area contributed by atoms with Crippen LogP contribution in [0.1, 0.15) is 92.1 Å². The first-order valence-electron chi connectivity index (χ1n) is 15.4. The number of hydrogen-bond acceptors (Lipinski definition) is 4. The molecule has 5 aliphatic rings. The molecule has 3 aromatic rings. The minimum atomic E-state index is -0.428. The lowest BCUT2D eigenvalue weighted by atomic mass is 9.76. The summed E-state index contributed by atoms with van der Waals surface area (Å²) in [6.07, 6.45) is 10.1. The Morgan fingerprint density at radius 3 is 1.75 bits per heavy atom. The zero-order chi connectivity index (χ0) is 26.8. The van der Waals surface area contributed by atoms with Crippen molar-refractivity contribution in [3.8, 4) is 0 Å². The van der Waals surface area contributed by atoms with Gasteiger partial charge in [-0.05, 0) is 134 Å². The number of carbonyl (C=O) groups is 2. The molecule has 5 aliphatic carbocycles. The predicted molar refractivity (Wildman–Crippen MR) is 153 cm³/mol. The second-order valence-electron chi connectivity index (χ2n) is 12.8. The molecule has 2 bridgehead atoms. The van der Waals surface area contributed by atoms with Crippen LogP contribution < -0.4 is 0 Å². The average Bonchev–Trinajstić information content (AvgIpc) is 3.66. The van der Waals surface area contributed by atoms with E-state index in [2.05, 4.69) is 36.4 Å². The fraction of sp³-hybridized carbons (Fsp3) is 0.444. The maximum Gasteiger partial charge on any atom is 0.338 e. The summed E-state index contributed by atoms with van der Waals surface area (Å²) in [6.45, 7) is 0. The lowest BCUT2D eigenvalue weighted by molar-refractivity contribution is -0.0698. The highest BCUT2D eigenvalue weighted by atomic mass is 16.6. The predicted octanol–water partition coefficient (Wildman–Crippen LogP) is 6.80. The quantitative estimate of drug-likeness (QED) is 0.347. The highest BCUT2D eigenvalue weighted by molar-refractivity contribution is 5.91. The monoisotopic (exact) mass is 532 g/mol. The molecule has 4 unspecified atom stereocenters. The van der Waals surface area contributed by atoms with E-state index in [0.717, 1.165) is 38.5 Å². The topological polar surface area (TPSA) is 52.6 Å². The molecule has 0 aliphatic heterocycles. The molecule has 0 aromatic heterocycles. The number of benzene rings is 3. The van der Waals surface area contributed by atoms with E-state index >= 15 is 0 Å². The van der Waals surface area contributed by atoms with Gasteiger partial charge in [-0.1, -0.05) is 36.4 Å². The fourth-order valence-corrected chi connectivity index (χ4v) is 8.87. The molecule has 8 rings (SSSR count). The molecule has 0 radical (unpaired) electrons. The van der Waals surface area contributed by atoms with Gasteiger partial charge in [-0.25, -0.2) is 9.59 Å².